The fourth-order valence-electron chi connectivity index (χ4n) is 3.82. The Morgan fingerprint density at radius 3 is 2.64 bits per heavy atom. The third-order valence-corrected chi connectivity index (χ3v) is 6.73. The first-order valence-electron chi connectivity index (χ1n) is 10.3. The van der Waals surface area contributed by atoms with Gasteiger partial charge in [0.1, 0.15) is 16.3 Å². The van der Waals surface area contributed by atoms with Gasteiger partial charge in [-0.15, -0.1) is 11.3 Å². The summed E-state index contributed by atoms with van der Waals surface area (Å²) in [5.74, 6) is -0.976. The molecule has 33 heavy (non-hydrogen) atoms. The molecule has 6 nitrogen and oxygen atoms in total. The van der Waals surface area contributed by atoms with E-state index in [0.29, 0.717) is 28.2 Å². The summed E-state index contributed by atoms with van der Waals surface area (Å²) < 4.78 is 2.47. The van der Waals surface area contributed by atoms with Gasteiger partial charge in [-0.2, -0.15) is 0 Å². The van der Waals surface area contributed by atoms with Crippen molar-refractivity contribution < 1.29 is 9.90 Å². The molecule has 0 atom stereocenters. The van der Waals surface area contributed by atoms with Crippen LogP contribution in [0.1, 0.15) is 17.3 Å². The highest BCUT2D eigenvalue weighted by molar-refractivity contribution is 7.21. The van der Waals surface area contributed by atoms with Crippen LogP contribution in [0, 0.1) is 0 Å². The van der Waals surface area contributed by atoms with E-state index in [-0.39, 0.29) is 11.3 Å². The smallest absolute Gasteiger partial charge is 0.267 e. The van der Waals surface area contributed by atoms with Gasteiger partial charge in [0.25, 0.3) is 11.5 Å². The Balaban J connectivity index is 1.46. The highest BCUT2D eigenvalue weighted by Gasteiger charge is 2.22. The molecule has 5 aromatic rings. The molecule has 0 spiro atoms. The molecule has 2 heterocycles. The number of benzene rings is 3. The minimum Gasteiger partial charge on any atom is -0.506 e. The summed E-state index contributed by atoms with van der Waals surface area (Å²) in [6.07, 6.45) is 0. The highest BCUT2D eigenvalue weighted by atomic mass is 35.5. The minimum absolute atomic E-state index is 0.275. The van der Waals surface area contributed by atoms with Crippen molar-refractivity contribution >= 4 is 55.7 Å². The quantitative estimate of drug-likeness (QED) is 0.338. The molecular formula is C25H18ClN3O3S. The van der Waals surface area contributed by atoms with Crippen LogP contribution >= 0.6 is 22.9 Å². The number of para-hydroxylation sites is 1. The topological polar surface area (TPSA) is 84.2 Å². The lowest BCUT2D eigenvalue weighted by Gasteiger charge is -2.13. The van der Waals surface area contributed by atoms with Crippen molar-refractivity contribution in [2.45, 2.75) is 13.5 Å². The molecule has 1 amide bonds. The first-order chi connectivity index (χ1) is 16.0. The molecule has 0 saturated carbocycles. The third-order valence-electron chi connectivity index (χ3n) is 5.43. The Kier molecular flexibility index (Phi) is 5.36. The maximum Gasteiger partial charge on any atom is 0.267 e. The molecule has 0 saturated heterocycles. The fraction of sp³-hybridized carbons (Fsp3) is 0.0800. The largest absolute Gasteiger partial charge is 0.506 e. The van der Waals surface area contributed by atoms with Crippen molar-refractivity contribution in [2.24, 2.45) is 0 Å². The second kappa shape index (κ2) is 8.35. The summed E-state index contributed by atoms with van der Waals surface area (Å²) in [6.45, 7) is 2.20. The molecule has 0 radical (unpaired) electrons. The van der Waals surface area contributed by atoms with Gasteiger partial charge in [-0.25, -0.2) is 4.98 Å². The summed E-state index contributed by atoms with van der Waals surface area (Å²) >= 11 is 7.59. The first kappa shape index (κ1) is 21.2. The van der Waals surface area contributed by atoms with Gasteiger partial charge in [0.05, 0.1) is 15.7 Å². The number of aromatic nitrogens is 2. The zero-order valence-electron chi connectivity index (χ0n) is 17.5. The third kappa shape index (κ3) is 3.75. The Labute approximate surface area is 197 Å². The zero-order chi connectivity index (χ0) is 23.1. The lowest BCUT2D eigenvalue weighted by Crippen LogP contribution is -2.29. The minimum atomic E-state index is -0.659. The fourth-order valence-corrected chi connectivity index (χ4v) is 5.07. The van der Waals surface area contributed by atoms with Crippen LogP contribution in [0.3, 0.4) is 0 Å². The molecular weight excluding hydrogens is 458 g/mol. The first-order valence-corrected chi connectivity index (χ1v) is 11.5. The van der Waals surface area contributed by atoms with Crippen LogP contribution in [0.5, 0.6) is 5.75 Å². The summed E-state index contributed by atoms with van der Waals surface area (Å²) in [4.78, 5) is 30.5. The van der Waals surface area contributed by atoms with Crippen molar-refractivity contribution in [3.05, 3.63) is 87.7 Å². The van der Waals surface area contributed by atoms with Crippen molar-refractivity contribution in [2.75, 3.05) is 5.32 Å². The van der Waals surface area contributed by atoms with Gasteiger partial charge in [-0.1, -0.05) is 23.7 Å². The van der Waals surface area contributed by atoms with Gasteiger partial charge in [0.15, 0.2) is 0 Å². The summed E-state index contributed by atoms with van der Waals surface area (Å²) in [7, 11) is 0. The number of halogens is 1. The summed E-state index contributed by atoms with van der Waals surface area (Å²) in [5.41, 5.74) is 2.05. The average Bonchev–Trinajstić information content (AvgIpc) is 3.23. The lowest BCUT2D eigenvalue weighted by molar-refractivity contribution is 0.102. The van der Waals surface area contributed by atoms with E-state index >= 15 is 0 Å². The SMILES string of the molecule is CCn1c(=O)c(C(=O)Nc2ccc(-c3nc4ccc(Cl)cc4s3)cc2)c(O)c2ccccc21. The Morgan fingerprint density at radius 2 is 1.88 bits per heavy atom. The van der Waals surface area contributed by atoms with Crippen molar-refractivity contribution in [1.29, 1.82) is 0 Å². The van der Waals surface area contributed by atoms with Crippen LogP contribution in [0.4, 0.5) is 5.69 Å². The molecule has 0 fully saturated rings. The van der Waals surface area contributed by atoms with Crippen molar-refractivity contribution in [3.8, 4) is 16.3 Å². The number of carbonyl (C=O) groups is 1. The van der Waals surface area contributed by atoms with E-state index in [1.165, 1.54) is 15.9 Å². The molecule has 5 rings (SSSR count). The van der Waals surface area contributed by atoms with Crippen LogP contribution in [0.15, 0.2) is 71.5 Å². The molecule has 2 N–H and O–H groups in total. The lowest BCUT2D eigenvalue weighted by atomic mass is 10.1. The molecule has 0 aliphatic rings. The zero-order valence-corrected chi connectivity index (χ0v) is 19.1. The van der Waals surface area contributed by atoms with Gasteiger partial charge < -0.3 is 15.0 Å². The maximum atomic E-state index is 13.0. The van der Waals surface area contributed by atoms with Crippen LogP contribution < -0.4 is 10.9 Å². The van der Waals surface area contributed by atoms with E-state index in [0.717, 1.165) is 20.8 Å². The Bertz CT molecular complexity index is 1590. The number of hydrogen-bond acceptors (Lipinski definition) is 5. The molecule has 2 aromatic heterocycles. The van der Waals surface area contributed by atoms with Gasteiger partial charge in [-0.05, 0) is 61.5 Å². The van der Waals surface area contributed by atoms with Crippen LogP contribution in [0.2, 0.25) is 5.02 Å². The molecule has 3 aromatic carbocycles. The number of thiazole rings is 1. The predicted octanol–water partition coefficient (Wildman–Crippen LogP) is 5.91. The number of rotatable bonds is 4. The number of carbonyl (C=O) groups excluding carboxylic acids is 1. The molecule has 8 heteroatoms. The van der Waals surface area contributed by atoms with E-state index < -0.39 is 11.5 Å². The normalized spacial score (nSPS) is 11.2. The second-order valence-electron chi connectivity index (χ2n) is 7.45. The Hall–Kier alpha value is -3.68. The van der Waals surface area contributed by atoms with Crippen LogP contribution in [-0.2, 0) is 6.54 Å². The number of anilines is 1. The molecule has 0 aliphatic carbocycles. The summed E-state index contributed by atoms with van der Waals surface area (Å²) in [5, 5.41) is 15.4. The number of aryl methyl sites for hydroxylation is 1. The van der Waals surface area contributed by atoms with Gasteiger partial charge in [-0.3, -0.25) is 9.59 Å². The van der Waals surface area contributed by atoms with Gasteiger partial charge in [0, 0.05) is 28.2 Å². The number of nitrogens with one attached hydrogen (secondary N) is 1. The van der Waals surface area contributed by atoms with E-state index in [4.69, 9.17) is 11.6 Å². The molecule has 0 aliphatic heterocycles. The average molecular weight is 476 g/mol. The van der Waals surface area contributed by atoms with E-state index in [1.54, 1.807) is 42.5 Å². The number of fused-ring (bicyclic) bond motifs is 2. The summed E-state index contributed by atoms with van der Waals surface area (Å²) in [6, 6.07) is 19.7. The van der Waals surface area contributed by atoms with E-state index in [2.05, 4.69) is 10.3 Å². The number of hydrogen-bond donors (Lipinski definition) is 2. The second-order valence-corrected chi connectivity index (χ2v) is 8.92. The van der Waals surface area contributed by atoms with Gasteiger partial charge in [0.2, 0.25) is 0 Å². The number of aromatic hydroxyl groups is 1. The maximum absolute atomic E-state index is 13.0. The van der Waals surface area contributed by atoms with Crippen LogP contribution in [-0.4, -0.2) is 20.6 Å². The standard InChI is InChI=1S/C25H18ClN3O3S/c1-2-29-19-6-4-3-5-17(19)22(30)21(25(29)32)23(31)27-16-10-7-14(8-11-16)24-28-18-12-9-15(26)13-20(18)33-24/h3-13,30H,2H2,1H3,(H,27,31). The molecule has 0 bridgehead atoms. The van der Waals surface area contributed by atoms with Gasteiger partial charge >= 0.3 is 0 Å². The monoisotopic (exact) mass is 475 g/mol. The predicted molar refractivity (Wildman–Crippen MR) is 134 cm³/mol. The Morgan fingerprint density at radius 1 is 1.12 bits per heavy atom. The number of amides is 1. The number of nitrogens with zero attached hydrogens (tertiary/aromatic N) is 2. The van der Waals surface area contributed by atoms with Crippen molar-refractivity contribution in [1.82, 2.24) is 9.55 Å². The number of pyridine rings is 1. The highest BCUT2D eigenvalue weighted by Crippen LogP contribution is 2.32. The van der Waals surface area contributed by atoms with E-state index in [9.17, 15) is 14.7 Å². The van der Waals surface area contributed by atoms with Crippen LogP contribution in [0.25, 0.3) is 31.7 Å². The molecule has 164 valence electrons. The molecule has 0 unspecified atom stereocenters. The van der Waals surface area contributed by atoms with Crippen molar-refractivity contribution in [3.63, 3.8) is 0 Å². The van der Waals surface area contributed by atoms with E-state index in [1.807, 2.05) is 31.2 Å².